The van der Waals surface area contributed by atoms with Gasteiger partial charge in [0, 0.05) is 13.1 Å². The van der Waals surface area contributed by atoms with Crippen LogP contribution in [-0.2, 0) is 14.4 Å². The van der Waals surface area contributed by atoms with Gasteiger partial charge in [0.15, 0.2) is 0 Å². The van der Waals surface area contributed by atoms with E-state index in [9.17, 15) is 19.2 Å². The molecule has 8 heteroatoms. The number of carboxylic acids is 1. The lowest BCUT2D eigenvalue weighted by Crippen LogP contribution is -2.61. The van der Waals surface area contributed by atoms with E-state index in [0.29, 0.717) is 6.54 Å². The summed E-state index contributed by atoms with van der Waals surface area (Å²) in [5.41, 5.74) is 0. The maximum absolute atomic E-state index is 12.2. The number of carboxylic acid groups (broad SMARTS) is 1. The first-order chi connectivity index (χ1) is 8.86. The molecule has 106 valence electrons. The maximum atomic E-state index is 12.2. The van der Waals surface area contributed by atoms with Crippen LogP contribution in [0.5, 0.6) is 0 Å². The molecule has 1 aliphatic heterocycles. The Labute approximate surface area is 110 Å². The highest BCUT2D eigenvalue weighted by atomic mass is 16.4. The fraction of sp³-hybridized carbons (Fsp3) is 0.636. The molecule has 0 aromatic heterocycles. The molecule has 1 atom stereocenters. The van der Waals surface area contributed by atoms with Gasteiger partial charge in [-0.25, -0.2) is 4.79 Å². The van der Waals surface area contributed by atoms with Gasteiger partial charge in [0.2, 0.25) is 11.8 Å². The van der Waals surface area contributed by atoms with Crippen LogP contribution in [0.25, 0.3) is 0 Å². The molecular formula is C11H17N3O5. The van der Waals surface area contributed by atoms with E-state index in [-0.39, 0.29) is 19.5 Å². The van der Waals surface area contributed by atoms with Crippen molar-refractivity contribution in [1.29, 1.82) is 0 Å². The average molecular weight is 271 g/mol. The van der Waals surface area contributed by atoms with Gasteiger partial charge in [-0.2, -0.15) is 0 Å². The predicted octanol–water partition coefficient (Wildman–Crippen LogP) is -0.750. The minimum atomic E-state index is -1.01. The third kappa shape index (κ3) is 3.67. The molecule has 1 fully saturated rings. The molecule has 0 saturated carbocycles. The topological polar surface area (TPSA) is 107 Å². The number of amides is 4. The number of aliphatic carboxylic acids is 1. The Morgan fingerprint density at radius 1 is 1.47 bits per heavy atom. The number of piperazine rings is 1. The van der Waals surface area contributed by atoms with Gasteiger partial charge in [0.25, 0.3) is 0 Å². The molecule has 0 aromatic carbocycles. The minimum Gasteiger partial charge on any atom is -0.481 e. The first-order valence-electron chi connectivity index (χ1n) is 5.97. The van der Waals surface area contributed by atoms with Gasteiger partial charge in [0.1, 0.15) is 12.6 Å². The van der Waals surface area contributed by atoms with E-state index >= 15 is 0 Å². The van der Waals surface area contributed by atoms with E-state index in [1.165, 1.54) is 11.8 Å². The van der Waals surface area contributed by atoms with Crippen molar-refractivity contribution in [3.63, 3.8) is 0 Å². The molecule has 1 heterocycles. The predicted molar refractivity (Wildman–Crippen MR) is 64.2 cm³/mol. The molecule has 0 bridgehead atoms. The summed E-state index contributed by atoms with van der Waals surface area (Å²) in [5, 5.41) is 10.8. The van der Waals surface area contributed by atoms with E-state index in [4.69, 9.17) is 5.11 Å². The molecule has 0 aliphatic carbocycles. The third-order valence-corrected chi connectivity index (χ3v) is 2.92. The Bertz CT molecular complexity index is 409. The fourth-order valence-electron chi connectivity index (χ4n) is 1.75. The molecule has 0 aromatic rings. The zero-order chi connectivity index (χ0) is 14.6. The molecule has 8 nitrogen and oxygen atoms in total. The van der Waals surface area contributed by atoms with Crippen LogP contribution in [0.3, 0.4) is 0 Å². The van der Waals surface area contributed by atoms with Crippen molar-refractivity contribution in [1.82, 2.24) is 15.1 Å². The first kappa shape index (κ1) is 14.9. The van der Waals surface area contributed by atoms with Crippen LogP contribution < -0.4 is 5.32 Å². The number of urea groups is 1. The van der Waals surface area contributed by atoms with Crippen molar-refractivity contribution >= 4 is 23.8 Å². The summed E-state index contributed by atoms with van der Waals surface area (Å²) in [5.74, 6) is -2.07. The number of nitrogens with one attached hydrogen (secondary N) is 1. The molecule has 1 unspecified atom stereocenters. The summed E-state index contributed by atoms with van der Waals surface area (Å²) < 4.78 is 0. The van der Waals surface area contributed by atoms with Crippen molar-refractivity contribution < 1.29 is 24.3 Å². The van der Waals surface area contributed by atoms with Gasteiger partial charge in [-0.3, -0.25) is 19.7 Å². The van der Waals surface area contributed by atoms with Crippen molar-refractivity contribution in [2.75, 3.05) is 19.6 Å². The molecule has 1 rings (SSSR count). The van der Waals surface area contributed by atoms with Gasteiger partial charge in [-0.15, -0.1) is 0 Å². The standard InChI is InChI=1S/C11H17N3O5/c1-3-13(5-4-9(16)17)11(19)14-6-8(15)12-10(18)7(14)2/h7H,3-6H2,1-2H3,(H,16,17)(H,12,15,18). The fourth-order valence-corrected chi connectivity index (χ4v) is 1.75. The van der Waals surface area contributed by atoms with E-state index in [2.05, 4.69) is 5.32 Å². The molecule has 19 heavy (non-hydrogen) atoms. The minimum absolute atomic E-state index is 0.0453. The first-order valence-corrected chi connectivity index (χ1v) is 5.97. The summed E-state index contributed by atoms with van der Waals surface area (Å²) in [7, 11) is 0. The SMILES string of the molecule is CCN(CCC(=O)O)C(=O)N1CC(=O)NC(=O)C1C. The van der Waals surface area contributed by atoms with Crippen LogP contribution in [0.1, 0.15) is 20.3 Å². The average Bonchev–Trinajstić information content (AvgIpc) is 2.33. The van der Waals surface area contributed by atoms with Gasteiger partial charge in [0.05, 0.1) is 6.42 Å². The van der Waals surface area contributed by atoms with Crippen molar-refractivity contribution in [3.05, 3.63) is 0 Å². The number of carbonyl (C=O) groups excluding carboxylic acids is 3. The summed E-state index contributed by atoms with van der Waals surface area (Å²) in [4.78, 5) is 47.9. The smallest absolute Gasteiger partial charge is 0.321 e. The second-order valence-electron chi connectivity index (χ2n) is 4.22. The van der Waals surface area contributed by atoms with Gasteiger partial charge in [-0.1, -0.05) is 0 Å². The molecule has 0 spiro atoms. The normalized spacial score (nSPS) is 19.1. The van der Waals surface area contributed by atoms with Gasteiger partial charge >= 0.3 is 12.0 Å². The van der Waals surface area contributed by atoms with E-state index in [0.717, 1.165) is 4.90 Å². The lowest BCUT2D eigenvalue weighted by Gasteiger charge is -2.35. The number of hydrogen-bond acceptors (Lipinski definition) is 4. The van der Waals surface area contributed by atoms with E-state index < -0.39 is 29.9 Å². The van der Waals surface area contributed by atoms with Crippen LogP contribution in [0.15, 0.2) is 0 Å². The summed E-state index contributed by atoms with van der Waals surface area (Å²) >= 11 is 0. The van der Waals surface area contributed by atoms with E-state index in [1.54, 1.807) is 6.92 Å². The Hall–Kier alpha value is -2.12. The third-order valence-electron chi connectivity index (χ3n) is 2.92. The molecule has 0 radical (unpaired) electrons. The van der Waals surface area contributed by atoms with Crippen LogP contribution in [-0.4, -0.2) is 64.4 Å². The maximum Gasteiger partial charge on any atom is 0.321 e. The number of carbonyl (C=O) groups is 4. The Kier molecular flexibility index (Phi) is 4.85. The van der Waals surface area contributed by atoms with Crippen molar-refractivity contribution in [2.24, 2.45) is 0 Å². The van der Waals surface area contributed by atoms with Crippen molar-refractivity contribution in [3.8, 4) is 0 Å². The quantitative estimate of drug-likeness (QED) is 0.654. The van der Waals surface area contributed by atoms with Crippen LogP contribution in [0, 0.1) is 0 Å². The van der Waals surface area contributed by atoms with Crippen LogP contribution in [0.4, 0.5) is 4.79 Å². The molecular weight excluding hydrogens is 254 g/mol. The second-order valence-corrected chi connectivity index (χ2v) is 4.22. The molecule has 4 amide bonds. The van der Waals surface area contributed by atoms with Gasteiger partial charge in [-0.05, 0) is 13.8 Å². The Balaban J connectivity index is 2.75. The summed E-state index contributed by atoms with van der Waals surface area (Å²) in [6.07, 6.45) is -0.179. The number of nitrogens with zero attached hydrogens (tertiary/aromatic N) is 2. The van der Waals surface area contributed by atoms with Crippen molar-refractivity contribution in [2.45, 2.75) is 26.3 Å². The largest absolute Gasteiger partial charge is 0.481 e. The number of imide groups is 1. The molecule has 1 aliphatic rings. The molecule has 1 saturated heterocycles. The highest BCUT2D eigenvalue weighted by Gasteiger charge is 2.35. The summed E-state index contributed by atoms with van der Waals surface area (Å²) in [6.45, 7) is 3.38. The number of rotatable bonds is 4. The zero-order valence-electron chi connectivity index (χ0n) is 10.9. The zero-order valence-corrected chi connectivity index (χ0v) is 10.9. The van der Waals surface area contributed by atoms with Crippen LogP contribution in [0.2, 0.25) is 0 Å². The lowest BCUT2D eigenvalue weighted by molar-refractivity contribution is -0.139. The van der Waals surface area contributed by atoms with Crippen LogP contribution >= 0.6 is 0 Å². The summed E-state index contributed by atoms with van der Waals surface area (Å²) in [6, 6.07) is -1.25. The second kappa shape index (κ2) is 6.17. The highest BCUT2D eigenvalue weighted by molar-refractivity contribution is 6.03. The number of hydrogen-bond donors (Lipinski definition) is 2. The highest BCUT2D eigenvalue weighted by Crippen LogP contribution is 2.09. The Morgan fingerprint density at radius 3 is 2.63 bits per heavy atom. The van der Waals surface area contributed by atoms with E-state index in [1.807, 2.05) is 0 Å². The molecule has 2 N–H and O–H groups in total. The monoisotopic (exact) mass is 271 g/mol. The van der Waals surface area contributed by atoms with Gasteiger partial charge < -0.3 is 14.9 Å². The lowest BCUT2D eigenvalue weighted by atomic mass is 10.2. The Morgan fingerprint density at radius 2 is 2.11 bits per heavy atom.